The van der Waals surface area contributed by atoms with E-state index in [1.54, 1.807) is 30.7 Å². The number of para-hydroxylation sites is 1. The molecule has 0 saturated carbocycles. The molecule has 1 aromatic heterocycles. The molecule has 1 aliphatic heterocycles. The van der Waals surface area contributed by atoms with Crippen molar-refractivity contribution in [2.24, 2.45) is 4.99 Å². The number of methoxy groups -OCH3 is 1. The van der Waals surface area contributed by atoms with E-state index in [2.05, 4.69) is 49.9 Å². The summed E-state index contributed by atoms with van der Waals surface area (Å²) in [4.78, 5) is 33.4. The van der Waals surface area contributed by atoms with Crippen LogP contribution in [0.1, 0.15) is 35.2 Å². The zero-order chi connectivity index (χ0) is 33.1. The predicted octanol–water partition coefficient (Wildman–Crippen LogP) is 6.70. The fourth-order valence-corrected chi connectivity index (χ4v) is 8.09. The number of rotatable bonds is 8. The lowest BCUT2D eigenvalue weighted by Crippen LogP contribution is -2.40. The van der Waals surface area contributed by atoms with Crippen molar-refractivity contribution in [3.63, 3.8) is 0 Å². The summed E-state index contributed by atoms with van der Waals surface area (Å²) in [6.45, 7) is 1.96. The van der Waals surface area contributed by atoms with Gasteiger partial charge < -0.3 is 14.8 Å². The number of hydrogen-bond donors (Lipinski definition) is 1. The second kappa shape index (κ2) is 14.1. The second-order valence-corrected chi connectivity index (χ2v) is 13.6. The van der Waals surface area contributed by atoms with Gasteiger partial charge in [-0.15, -0.1) is 0 Å². The van der Waals surface area contributed by atoms with Gasteiger partial charge in [0.2, 0.25) is 0 Å². The van der Waals surface area contributed by atoms with Gasteiger partial charge in [0.05, 0.1) is 44.2 Å². The number of hydrogen-bond acceptors (Lipinski definition) is 7. The number of benzene rings is 4. The Morgan fingerprint density at radius 3 is 2.64 bits per heavy atom. The molecule has 0 saturated heterocycles. The Kier molecular flexibility index (Phi) is 9.72. The van der Waals surface area contributed by atoms with Crippen LogP contribution in [0.15, 0.2) is 117 Å². The van der Waals surface area contributed by atoms with Crippen LogP contribution in [-0.2, 0) is 11.4 Å². The van der Waals surface area contributed by atoms with Crippen molar-refractivity contribution >= 4 is 67.5 Å². The van der Waals surface area contributed by atoms with Crippen molar-refractivity contribution in [3.05, 3.63) is 152 Å². The molecular weight excluding hydrogens is 791 g/mol. The number of thiazole rings is 1. The van der Waals surface area contributed by atoms with Crippen molar-refractivity contribution in [2.75, 3.05) is 12.4 Å². The Balaban J connectivity index is 1.47. The third-order valence-electron chi connectivity index (χ3n) is 7.54. The summed E-state index contributed by atoms with van der Waals surface area (Å²) in [5.41, 5.74) is 3.89. The minimum absolute atomic E-state index is 0.179. The van der Waals surface area contributed by atoms with Gasteiger partial charge in [0.25, 0.3) is 11.5 Å². The maximum atomic E-state index is 14.3. The number of anilines is 1. The molecule has 5 aromatic rings. The maximum absolute atomic E-state index is 14.3. The fraction of sp³-hybridized carbons (Fsp3) is 0.111. The van der Waals surface area contributed by atoms with Crippen molar-refractivity contribution in [1.82, 2.24) is 4.57 Å². The molecular formula is C36H26BrIN4O4S. The van der Waals surface area contributed by atoms with Gasteiger partial charge in [0, 0.05) is 21.3 Å². The van der Waals surface area contributed by atoms with E-state index in [9.17, 15) is 14.9 Å². The second-order valence-electron chi connectivity index (χ2n) is 10.5. The molecule has 0 spiro atoms. The molecule has 8 nitrogen and oxygen atoms in total. The molecule has 0 radical (unpaired) electrons. The smallest absolute Gasteiger partial charge is 0.271 e. The largest absolute Gasteiger partial charge is 0.497 e. The number of carbonyl (C=O) groups is 1. The van der Waals surface area contributed by atoms with Crippen LogP contribution in [0, 0.1) is 14.9 Å². The molecule has 1 atom stereocenters. The quantitative estimate of drug-likeness (QED) is 0.176. The molecule has 4 aromatic carbocycles. The van der Waals surface area contributed by atoms with Crippen LogP contribution in [-0.4, -0.2) is 17.6 Å². The molecule has 0 unspecified atom stereocenters. The Hall–Kier alpha value is -4.51. The highest BCUT2D eigenvalue weighted by molar-refractivity contribution is 14.1. The number of nitriles is 1. The van der Waals surface area contributed by atoms with Crippen molar-refractivity contribution in [2.45, 2.75) is 19.6 Å². The number of ether oxygens (including phenoxy) is 2. The molecule has 1 N–H and O–H groups in total. The topological polar surface area (TPSA) is 106 Å². The Morgan fingerprint density at radius 1 is 1.11 bits per heavy atom. The van der Waals surface area contributed by atoms with Crippen molar-refractivity contribution in [1.29, 1.82) is 5.26 Å². The molecule has 6 rings (SSSR count). The maximum Gasteiger partial charge on any atom is 0.271 e. The van der Waals surface area contributed by atoms with E-state index in [1.165, 1.54) is 11.3 Å². The molecule has 1 aliphatic rings. The van der Waals surface area contributed by atoms with E-state index in [4.69, 9.17) is 14.5 Å². The average molecular weight is 818 g/mol. The van der Waals surface area contributed by atoms with E-state index in [-0.39, 0.29) is 18.1 Å². The molecule has 1 amide bonds. The van der Waals surface area contributed by atoms with Crippen LogP contribution in [0.3, 0.4) is 0 Å². The first kappa shape index (κ1) is 32.4. The Morgan fingerprint density at radius 2 is 1.87 bits per heavy atom. The van der Waals surface area contributed by atoms with Crippen LogP contribution in [0.25, 0.3) is 6.08 Å². The zero-order valence-electron chi connectivity index (χ0n) is 25.2. The number of nitrogens with zero attached hydrogens (tertiary/aromatic N) is 3. The normalized spacial score (nSPS) is 14.2. The lowest BCUT2D eigenvalue weighted by atomic mass is 9.95. The number of carbonyl (C=O) groups excluding carboxylic acids is 1. The van der Waals surface area contributed by atoms with E-state index < -0.39 is 6.04 Å². The first-order valence-corrected chi connectivity index (χ1v) is 17.1. The van der Waals surface area contributed by atoms with E-state index in [0.29, 0.717) is 54.5 Å². The van der Waals surface area contributed by atoms with Gasteiger partial charge in [0.15, 0.2) is 4.80 Å². The van der Waals surface area contributed by atoms with Crippen LogP contribution in [0.2, 0.25) is 0 Å². The monoisotopic (exact) mass is 816 g/mol. The number of aromatic nitrogens is 1. The highest BCUT2D eigenvalue weighted by Gasteiger charge is 2.33. The first-order valence-electron chi connectivity index (χ1n) is 14.4. The lowest BCUT2D eigenvalue weighted by molar-refractivity contribution is -0.113. The Bertz CT molecular complexity index is 2270. The average Bonchev–Trinajstić information content (AvgIpc) is 3.37. The van der Waals surface area contributed by atoms with Crippen LogP contribution < -0.4 is 29.7 Å². The molecule has 11 heteroatoms. The summed E-state index contributed by atoms with van der Waals surface area (Å²) in [7, 11) is 1.58. The summed E-state index contributed by atoms with van der Waals surface area (Å²) >= 11 is 7.02. The van der Waals surface area contributed by atoms with Gasteiger partial charge in [-0.05, 0) is 83.6 Å². The molecule has 0 fully saturated rings. The van der Waals surface area contributed by atoms with Crippen LogP contribution in [0.4, 0.5) is 5.69 Å². The van der Waals surface area contributed by atoms with Crippen molar-refractivity contribution < 1.29 is 14.3 Å². The number of allylic oxidation sites excluding steroid dienone is 1. The number of nitrogens with one attached hydrogen (secondary N) is 1. The molecule has 0 aliphatic carbocycles. The number of amides is 1. The highest BCUT2D eigenvalue weighted by Crippen LogP contribution is 2.34. The predicted molar refractivity (Wildman–Crippen MR) is 194 cm³/mol. The van der Waals surface area contributed by atoms with Crippen LogP contribution >= 0.6 is 49.9 Å². The van der Waals surface area contributed by atoms with Gasteiger partial charge in [-0.1, -0.05) is 75.8 Å². The summed E-state index contributed by atoms with van der Waals surface area (Å²) in [6, 6.07) is 29.1. The molecule has 234 valence electrons. The SMILES string of the molecule is COc1cccc([C@@H]2C(C(=O)Nc3ccccc3)=C(C)N=c3s/c(=C\c4cc(Br)cc(I)c4OCc4ccccc4C#N)c(=O)n32)c1. The van der Waals surface area contributed by atoms with E-state index in [0.717, 1.165) is 13.6 Å². The lowest BCUT2D eigenvalue weighted by Gasteiger charge is -2.25. The summed E-state index contributed by atoms with van der Waals surface area (Å²) in [5.74, 6) is 0.829. The molecule has 47 heavy (non-hydrogen) atoms. The zero-order valence-corrected chi connectivity index (χ0v) is 29.7. The molecule has 0 bridgehead atoms. The number of halogens is 2. The summed E-state index contributed by atoms with van der Waals surface area (Å²) in [6.07, 6.45) is 1.79. The van der Waals surface area contributed by atoms with Crippen LogP contribution in [0.5, 0.6) is 11.5 Å². The van der Waals surface area contributed by atoms with Gasteiger partial charge >= 0.3 is 0 Å². The van der Waals surface area contributed by atoms with Gasteiger partial charge in [0.1, 0.15) is 18.1 Å². The summed E-state index contributed by atoms with van der Waals surface area (Å²) < 4.78 is 15.4. The van der Waals surface area contributed by atoms with Gasteiger partial charge in [-0.2, -0.15) is 5.26 Å². The van der Waals surface area contributed by atoms with E-state index >= 15 is 0 Å². The Labute approximate surface area is 296 Å². The number of fused-ring (bicyclic) bond motifs is 1. The van der Waals surface area contributed by atoms with Gasteiger partial charge in [-0.3, -0.25) is 14.2 Å². The fourth-order valence-electron chi connectivity index (χ4n) is 5.34. The highest BCUT2D eigenvalue weighted by atomic mass is 127. The first-order chi connectivity index (χ1) is 22.8. The molecule has 2 heterocycles. The van der Waals surface area contributed by atoms with Gasteiger partial charge in [-0.25, -0.2) is 4.99 Å². The van der Waals surface area contributed by atoms with E-state index in [1.807, 2.05) is 84.9 Å². The third-order valence-corrected chi connectivity index (χ3v) is 9.78. The minimum atomic E-state index is -0.756. The third kappa shape index (κ3) is 6.81. The van der Waals surface area contributed by atoms with Crippen molar-refractivity contribution in [3.8, 4) is 17.6 Å². The summed E-state index contributed by atoms with van der Waals surface area (Å²) in [5, 5.41) is 12.5. The standard InChI is InChI=1S/C36H26BrIN4O4S/c1-21-31(34(43)41-27-12-4-3-5-13-27)32(22-11-8-14-28(16-22)45-2)42-35(44)30(47-36(42)40-21)17-25-15-26(37)18-29(38)33(25)46-20-24-10-7-6-9-23(24)19-39/h3-18,32H,20H2,1-2H3,(H,41,43)/b30-17-/t32-/m1/s1. The minimum Gasteiger partial charge on any atom is -0.497 e.